The Hall–Kier alpha value is -1.84. The van der Waals surface area contributed by atoms with Crippen LogP contribution in [0.1, 0.15) is 32.8 Å². The van der Waals surface area contributed by atoms with Gasteiger partial charge in [0.15, 0.2) is 0 Å². The van der Waals surface area contributed by atoms with E-state index in [1.165, 1.54) is 0 Å². The van der Waals surface area contributed by atoms with E-state index in [0.29, 0.717) is 6.54 Å². The standard InChI is InChI=1S/C15H20N2O2/c1-14(2,3)19-13(18)17-15(9-10-16-11-15)12-7-5-4-6-8-12/h4-8,11H,9-10H2,1-3H3,(H,17,18). The van der Waals surface area contributed by atoms with E-state index in [1.54, 1.807) is 0 Å². The molecule has 19 heavy (non-hydrogen) atoms. The van der Waals surface area contributed by atoms with Crippen molar-refractivity contribution in [2.45, 2.75) is 38.3 Å². The molecule has 0 radical (unpaired) electrons. The SMILES string of the molecule is CC(C)(C)OC(=O)NC1(c2ccccc2)C=NCC1. The van der Waals surface area contributed by atoms with E-state index < -0.39 is 17.2 Å². The molecule has 1 N–H and O–H groups in total. The lowest BCUT2D eigenvalue weighted by Gasteiger charge is -2.30. The van der Waals surface area contributed by atoms with Crippen LogP contribution in [0.3, 0.4) is 0 Å². The van der Waals surface area contributed by atoms with Crippen LogP contribution in [0.4, 0.5) is 4.79 Å². The van der Waals surface area contributed by atoms with E-state index in [-0.39, 0.29) is 0 Å². The molecule has 0 saturated heterocycles. The maximum atomic E-state index is 12.0. The summed E-state index contributed by atoms with van der Waals surface area (Å²) < 4.78 is 5.33. The van der Waals surface area contributed by atoms with Crippen molar-refractivity contribution < 1.29 is 9.53 Å². The van der Waals surface area contributed by atoms with Gasteiger partial charge in [-0.3, -0.25) is 4.99 Å². The van der Waals surface area contributed by atoms with Crippen molar-refractivity contribution in [3.05, 3.63) is 35.9 Å². The zero-order valence-corrected chi connectivity index (χ0v) is 11.6. The van der Waals surface area contributed by atoms with Gasteiger partial charge >= 0.3 is 6.09 Å². The van der Waals surface area contributed by atoms with Crippen LogP contribution in [-0.4, -0.2) is 24.5 Å². The predicted octanol–water partition coefficient (Wildman–Crippen LogP) is 2.88. The van der Waals surface area contributed by atoms with E-state index in [9.17, 15) is 4.79 Å². The Balaban J connectivity index is 2.18. The van der Waals surface area contributed by atoms with Crippen LogP contribution < -0.4 is 5.32 Å². The lowest BCUT2D eigenvalue weighted by atomic mass is 9.89. The van der Waals surface area contributed by atoms with Gasteiger partial charge in [-0.2, -0.15) is 0 Å². The van der Waals surface area contributed by atoms with Gasteiger partial charge in [-0.25, -0.2) is 4.79 Å². The highest BCUT2D eigenvalue weighted by Gasteiger charge is 2.36. The Labute approximate surface area is 113 Å². The van der Waals surface area contributed by atoms with Crippen molar-refractivity contribution in [2.75, 3.05) is 6.54 Å². The van der Waals surface area contributed by atoms with Crippen molar-refractivity contribution in [1.82, 2.24) is 5.32 Å². The van der Waals surface area contributed by atoms with Gasteiger partial charge in [0.05, 0.1) is 0 Å². The first-order chi connectivity index (χ1) is 8.91. The normalized spacial score (nSPS) is 22.3. The minimum absolute atomic E-state index is 0.412. The van der Waals surface area contributed by atoms with Crippen LogP contribution in [0, 0.1) is 0 Å². The zero-order chi connectivity index (χ0) is 13.9. The van der Waals surface area contributed by atoms with Crippen LogP contribution in [0.5, 0.6) is 0 Å². The number of hydrogen-bond acceptors (Lipinski definition) is 3. The molecule has 1 heterocycles. The summed E-state index contributed by atoms with van der Waals surface area (Å²) in [6, 6.07) is 9.86. The molecule has 1 amide bonds. The quantitative estimate of drug-likeness (QED) is 0.889. The Bertz CT molecular complexity index is 477. The van der Waals surface area contributed by atoms with Crippen molar-refractivity contribution in [2.24, 2.45) is 4.99 Å². The topological polar surface area (TPSA) is 50.7 Å². The summed E-state index contributed by atoms with van der Waals surface area (Å²) in [6.07, 6.45) is 2.16. The van der Waals surface area contributed by atoms with Gasteiger partial charge in [-0.1, -0.05) is 30.3 Å². The van der Waals surface area contributed by atoms with Gasteiger partial charge in [0.25, 0.3) is 0 Å². The number of ether oxygens (including phenoxy) is 1. The maximum absolute atomic E-state index is 12.0. The molecule has 1 aliphatic rings. The molecular formula is C15H20N2O2. The molecule has 0 aromatic heterocycles. The summed E-state index contributed by atoms with van der Waals surface area (Å²) >= 11 is 0. The van der Waals surface area contributed by atoms with Crippen LogP contribution in [0.2, 0.25) is 0 Å². The van der Waals surface area contributed by atoms with E-state index in [2.05, 4.69) is 10.3 Å². The fourth-order valence-electron chi connectivity index (χ4n) is 2.13. The number of amides is 1. The van der Waals surface area contributed by atoms with Gasteiger partial charge in [0.2, 0.25) is 0 Å². The monoisotopic (exact) mass is 260 g/mol. The first kappa shape index (κ1) is 13.6. The minimum atomic E-state index is -0.538. The van der Waals surface area contributed by atoms with Crippen molar-refractivity contribution >= 4 is 12.3 Å². The highest BCUT2D eigenvalue weighted by atomic mass is 16.6. The highest BCUT2D eigenvalue weighted by Crippen LogP contribution is 2.27. The molecule has 4 heteroatoms. The molecule has 1 aromatic rings. The number of carbonyl (C=O) groups is 1. The Kier molecular flexibility index (Phi) is 3.60. The summed E-state index contributed by atoms with van der Waals surface area (Å²) in [5, 5.41) is 2.95. The summed E-state index contributed by atoms with van der Waals surface area (Å²) in [4.78, 5) is 16.3. The highest BCUT2D eigenvalue weighted by molar-refractivity contribution is 5.82. The molecule has 1 atom stereocenters. The van der Waals surface area contributed by atoms with Gasteiger partial charge in [0, 0.05) is 12.8 Å². The number of rotatable bonds is 2. The number of benzene rings is 1. The molecule has 2 rings (SSSR count). The average Bonchev–Trinajstić information content (AvgIpc) is 2.77. The van der Waals surface area contributed by atoms with Crippen molar-refractivity contribution in [3.63, 3.8) is 0 Å². The molecule has 0 bridgehead atoms. The van der Waals surface area contributed by atoms with E-state index >= 15 is 0 Å². The molecule has 0 aliphatic carbocycles. The molecule has 4 nitrogen and oxygen atoms in total. The van der Waals surface area contributed by atoms with Crippen molar-refractivity contribution in [3.8, 4) is 0 Å². The Morgan fingerprint density at radius 2 is 2.00 bits per heavy atom. The molecule has 0 spiro atoms. The summed E-state index contributed by atoms with van der Waals surface area (Å²) in [5.74, 6) is 0. The van der Waals surface area contributed by atoms with Gasteiger partial charge in [-0.15, -0.1) is 0 Å². The Morgan fingerprint density at radius 3 is 2.53 bits per heavy atom. The van der Waals surface area contributed by atoms with E-state index in [0.717, 1.165) is 12.0 Å². The summed E-state index contributed by atoms with van der Waals surface area (Å²) in [7, 11) is 0. The fraction of sp³-hybridized carbons (Fsp3) is 0.467. The smallest absolute Gasteiger partial charge is 0.408 e. The molecule has 102 valence electrons. The van der Waals surface area contributed by atoms with Crippen LogP contribution in [0.15, 0.2) is 35.3 Å². The van der Waals surface area contributed by atoms with E-state index in [4.69, 9.17) is 4.74 Å². The van der Waals surface area contributed by atoms with Gasteiger partial charge in [-0.05, 0) is 32.8 Å². The maximum Gasteiger partial charge on any atom is 0.408 e. The molecule has 0 saturated carbocycles. The van der Waals surface area contributed by atoms with Gasteiger partial charge in [0.1, 0.15) is 11.1 Å². The Morgan fingerprint density at radius 1 is 1.32 bits per heavy atom. The van der Waals surface area contributed by atoms with Crippen LogP contribution in [0.25, 0.3) is 0 Å². The second-order valence-electron chi connectivity index (χ2n) is 5.75. The number of hydrogen-bond donors (Lipinski definition) is 1. The lowest BCUT2D eigenvalue weighted by Crippen LogP contribution is -2.47. The summed E-state index contributed by atoms with van der Waals surface area (Å²) in [6.45, 7) is 6.27. The lowest BCUT2D eigenvalue weighted by molar-refractivity contribution is 0.0485. The third kappa shape index (κ3) is 3.34. The fourth-order valence-corrected chi connectivity index (χ4v) is 2.13. The third-order valence-corrected chi connectivity index (χ3v) is 2.96. The number of carbonyl (C=O) groups excluding carboxylic acids is 1. The van der Waals surface area contributed by atoms with Crippen LogP contribution >= 0.6 is 0 Å². The number of alkyl carbamates (subject to hydrolysis) is 1. The van der Waals surface area contributed by atoms with Crippen LogP contribution in [-0.2, 0) is 10.3 Å². The number of nitrogens with one attached hydrogen (secondary N) is 1. The first-order valence-electron chi connectivity index (χ1n) is 6.49. The number of nitrogens with zero attached hydrogens (tertiary/aromatic N) is 1. The zero-order valence-electron chi connectivity index (χ0n) is 11.6. The summed E-state index contributed by atoms with van der Waals surface area (Å²) in [5.41, 5.74) is -0.0106. The second-order valence-corrected chi connectivity index (χ2v) is 5.75. The second kappa shape index (κ2) is 5.03. The molecule has 1 aromatic carbocycles. The van der Waals surface area contributed by atoms with Crippen molar-refractivity contribution in [1.29, 1.82) is 0 Å². The molecular weight excluding hydrogens is 240 g/mol. The largest absolute Gasteiger partial charge is 0.444 e. The van der Waals surface area contributed by atoms with E-state index in [1.807, 2.05) is 57.3 Å². The molecule has 0 fully saturated rings. The third-order valence-electron chi connectivity index (χ3n) is 2.96. The average molecular weight is 260 g/mol. The number of aliphatic imine (C=N–C) groups is 1. The predicted molar refractivity (Wildman–Crippen MR) is 75.5 cm³/mol. The minimum Gasteiger partial charge on any atom is -0.444 e. The molecule has 1 aliphatic heterocycles. The first-order valence-corrected chi connectivity index (χ1v) is 6.49. The van der Waals surface area contributed by atoms with Gasteiger partial charge < -0.3 is 10.1 Å². The molecule has 1 unspecified atom stereocenters.